The molecule has 1 aliphatic carbocycles. The number of hydrogen-bond acceptors (Lipinski definition) is 3. The van der Waals surface area contributed by atoms with Crippen molar-refractivity contribution in [3.8, 4) is 0 Å². The normalized spacial score (nSPS) is 32.1. The molecule has 2 saturated heterocycles. The monoisotopic (exact) mass is 314 g/mol. The number of piperidine rings is 1. The van der Waals surface area contributed by atoms with E-state index < -0.39 is 0 Å². The zero-order chi connectivity index (χ0) is 15.6. The van der Waals surface area contributed by atoms with Gasteiger partial charge in [0, 0.05) is 51.8 Å². The second-order valence-electron chi connectivity index (χ2n) is 7.73. The highest BCUT2D eigenvalue weighted by atomic mass is 16.5. The third-order valence-corrected chi connectivity index (χ3v) is 6.10. The molecule has 0 N–H and O–H groups in total. The first-order valence-electron chi connectivity index (χ1n) is 9.36. The quantitative estimate of drug-likeness (QED) is 0.803. The summed E-state index contributed by atoms with van der Waals surface area (Å²) in [5.74, 6) is 1.71. The smallest absolute Gasteiger partial charge is 0.0639 e. The van der Waals surface area contributed by atoms with Gasteiger partial charge in [-0.1, -0.05) is 30.3 Å². The molecule has 0 unspecified atom stereocenters. The molecule has 0 spiro atoms. The number of hydrogen-bond donors (Lipinski definition) is 0. The Labute approximate surface area is 140 Å². The van der Waals surface area contributed by atoms with Crippen LogP contribution in [0.4, 0.5) is 0 Å². The Bertz CT molecular complexity index is 502. The van der Waals surface area contributed by atoms with Gasteiger partial charge in [-0.25, -0.2) is 0 Å². The highest BCUT2D eigenvalue weighted by molar-refractivity contribution is 5.15. The van der Waals surface area contributed by atoms with E-state index in [0.29, 0.717) is 18.1 Å². The van der Waals surface area contributed by atoms with E-state index in [0.717, 1.165) is 5.92 Å². The molecule has 0 bridgehead atoms. The number of benzene rings is 1. The van der Waals surface area contributed by atoms with Crippen molar-refractivity contribution in [2.24, 2.45) is 11.8 Å². The van der Waals surface area contributed by atoms with E-state index in [2.05, 4.69) is 40.1 Å². The molecule has 3 heteroatoms. The minimum Gasteiger partial charge on any atom is -0.381 e. The Morgan fingerprint density at radius 3 is 2.65 bits per heavy atom. The second kappa shape index (κ2) is 6.92. The van der Waals surface area contributed by atoms with Gasteiger partial charge in [0.05, 0.1) is 6.10 Å². The highest BCUT2D eigenvalue weighted by Crippen LogP contribution is 2.36. The fourth-order valence-corrected chi connectivity index (χ4v) is 4.62. The molecule has 23 heavy (non-hydrogen) atoms. The summed E-state index contributed by atoms with van der Waals surface area (Å²) >= 11 is 0. The van der Waals surface area contributed by atoms with E-state index in [1.54, 1.807) is 0 Å². The van der Waals surface area contributed by atoms with Gasteiger partial charge in [-0.2, -0.15) is 0 Å². The van der Waals surface area contributed by atoms with Crippen molar-refractivity contribution in [3.05, 3.63) is 35.9 Å². The number of likely N-dealkylation sites (tertiary alicyclic amines) is 2. The summed E-state index contributed by atoms with van der Waals surface area (Å²) in [6, 6.07) is 11.6. The molecular formula is C20H30N2O. The Balaban J connectivity index is 1.39. The van der Waals surface area contributed by atoms with Crippen LogP contribution in [0.1, 0.15) is 24.8 Å². The number of ether oxygens (including phenoxy) is 1. The van der Waals surface area contributed by atoms with E-state index in [4.69, 9.17) is 4.74 Å². The molecule has 1 aromatic carbocycles. The maximum absolute atomic E-state index is 5.83. The van der Waals surface area contributed by atoms with Gasteiger partial charge in [-0.15, -0.1) is 0 Å². The second-order valence-corrected chi connectivity index (χ2v) is 7.73. The molecule has 0 amide bonds. The van der Waals surface area contributed by atoms with Gasteiger partial charge in [-0.05, 0) is 37.2 Å². The number of fused-ring (bicyclic) bond motifs is 1. The van der Waals surface area contributed by atoms with Crippen LogP contribution in [0.3, 0.4) is 0 Å². The van der Waals surface area contributed by atoms with Gasteiger partial charge in [0.2, 0.25) is 0 Å². The lowest BCUT2D eigenvalue weighted by Crippen LogP contribution is -2.51. The van der Waals surface area contributed by atoms with Gasteiger partial charge in [0.1, 0.15) is 0 Å². The predicted molar refractivity (Wildman–Crippen MR) is 93.6 cm³/mol. The fraction of sp³-hybridized carbons (Fsp3) is 0.700. The number of rotatable bonds is 6. The van der Waals surface area contributed by atoms with E-state index >= 15 is 0 Å². The summed E-state index contributed by atoms with van der Waals surface area (Å²) in [4.78, 5) is 5.47. The maximum atomic E-state index is 5.83. The van der Waals surface area contributed by atoms with Crippen LogP contribution >= 0.6 is 0 Å². The topological polar surface area (TPSA) is 15.7 Å². The summed E-state index contributed by atoms with van der Waals surface area (Å²) in [6.45, 7) is 6.23. The molecular weight excluding hydrogens is 284 g/mol. The Morgan fingerprint density at radius 1 is 1.09 bits per heavy atom. The lowest BCUT2D eigenvalue weighted by molar-refractivity contribution is -0.0213. The predicted octanol–water partition coefficient (Wildman–Crippen LogP) is 2.66. The Kier molecular flexibility index (Phi) is 4.70. The van der Waals surface area contributed by atoms with E-state index in [-0.39, 0.29) is 0 Å². The maximum Gasteiger partial charge on any atom is 0.0639 e. The molecule has 3 nitrogen and oxygen atoms in total. The zero-order valence-corrected chi connectivity index (χ0v) is 14.4. The van der Waals surface area contributed by atoms with E-state index in [1.807, 2.05) is 7.11 Å². The molecule has 3 fully saturated rings. The van der Waals surface area contributed by atoms with Crippen molar-refractivity contribution < 1.29 is 4.74 Å². The molecule has 1 saturated carbocycles. The van der Waals surface area contributed by atoms with Crippen molar-refractivity contribution in [2.45, 2.75) is 37.8 Å². The molecule has 126 valence electrons. The third kappa shape index (κ3) is 3.62. The Hall–Kier alpha value is -0.900. The molecule has 0 aromatic heterocycles. The fourth-order valence-electron chi connectivity index (χ4n) is 4.62. The van der Waals surface area contributed by atoms with Crippen LogP contribution in [-0.2, 0) is 11.2 Å². The van der Waals surface area contributed by atoms with Gasteiger partial charge >= 0.3 is 0 Å². The molecule has 1 aromatic rings. The largest absolute Gasteiger partial charge is 0.381 e. The van der Waals surface area contributed by atoms with Gasteiger partial charge in [0.25, 0.3) is 0 Å². The summed E-state index contributed by atoms with van der Waals surface area (Å²) in [6.07, 6.45) is 5.75. The molecule has 2 heterocycles. The van der Waals surface area contributed by atoms with Crippen LogP contribution < -0.4 is 0 Å². The molecule has 3 aliphatic rings. The van der Waals surface area contributed by atoms with Crippen molar-refractivity contribution in [1.29, 1.82) is 0 Å². The van der Waals surface area contributed by atoms with Crippen LogP contribution in [-0.4, -0.2) is 61.8 Å². The first-order chi connectivity index (χ1) is 11.3. The van der Waals surface area contributed by atoms with Crippen molar-refractivity contribution in [1.82, 2.24) is 9.80 Å². The average Bonchev–Trinajstić information content (AvgIpc) is 3.29. The van der Waals surface area contributed by atoms with E-state index in [1.165, 1.54) is 64.0 Å². The summed E-state index contributed by atoms with van der Waals surface area (Å²) in [7, 11) is 1.91. The third-order valence-electron chi connectivity index (χ3n) is 6.10. The minimum atomic E-state index is 0.470. The van der Waals surface area contributed by atoms with Crippen molar-refractivity contribution >= 4 is 0 Å². The average molecular weight is 314 g/mol. The van der Waals surface area contributed by atoms with E-state index in [9.17, 15) is 0 Å². The standard InChI is InChI=1S/C20H30N2O/c1-23-20-10-12-22(11-9-16-5-3-2-4-6-16)19-15-21(14-18(19)20)13-17-7-8-17/h2-6,17-20H,7-15H2,1H3/t18-,19+,20+/m0/s1. The van der Waals surface area contributed by atoms with Crippen LogP contribution in [0.5, 0.6) is 0 Å². The number of methoxy groups -OCH3 is 1. The molecule has 2 aliphatic heterocycles. The van der Waals surface area contributed by atoms with Gasteiger partial charge in [-0.3, -0.25) is 4.90 Å². The van der Waals surface area contributed by atoms with Gasteiger partial charge < -0.3 is 9.64 Å². The summed E-state index contributed by atoms with van der Waals surface area (Å²) < 4.78 is 5.83. The SMILES string of the molecule is CO[C@@H]1CCN(CCc2ccccc2)[C@@H]2CN(CC3CC3)C[C@@H]21. The Morgan fingerprint density at radius 2 is 1.91 bits per heavy atom. The highest BCUT2D eigenvalue weighted by Gasteiger charge is 2.44. The van der Waals surface area contributed by atoms with Crippen LogP contribution in [0.25, 0.3) is 0 Å². The van der Waals surface area contributed by atoms with Crippen LogP contribution in [0, 0.1) is 11.8 Å². The lowest BCUT2D eigenvalue weighted by Gasteiger charge is -2.41. The lowest BCUT2D eigenvalue weighted by atomic mass is 9.88. The van der Waals surface area contributed by atoms with Crippen molar-refractivity contribution in [2.75, 3.05) is 39.8 Å². The minimum absolute atomic E-state index is 0.470. The first kappa shape index (κ1) is 15.6. The summed E-state index contributed by atoms with van der Waals surface area (Å²) in [5, 5.41) is 0. The molecule has 3 atom stereocenters. The molecule has 0 radical (unpaired) electrons. The van der Waals surface area contributed by atoms with Crippen LogP contribution in [0.15, 0.2) is 30.3 Å². The zero-order valence-electron chi connectivity index (χ0n) is 14.4. The summed E-state index contributed by atoms with van der Waals surface area (Å²) in [5.41, 5.74) is 1.46. The molecule has 4 rings (SSSR count). The van der Waals surface area contributed by atoms with Gasteiger partial charge in [0.15, 0.2) is 0 Å². The van der Waals surface area contributed by atoms with Crippen LogP contribution in [0.2, 0.25) is 0 Å². The first-order valence-corrected chi connectivity index (χ1v) is 9.36. The number of nitrogens with zero attached hydrogens (tertiary/aromatic N) is 2. The van der Waals surface area contributed by atoms with Crippen molar-refractivity contribution in [3.63, 3.8) is 0 Å².